The largest absolute Gasteiger partial charge is 0.347 e. The van der Waals surface area contributed by atoms with Crippen LogP contribution in [0, 0.1) is 12.7 Å². The van der Waals surface area contributed by atoms with Crippen LogP contribution in [0.4, 0.5) is 4.39 Å². The van der Waals surface area contributed by atoms with E-state index in [9.17, 15) is 18.8 Å². The standard InChI is InChI=1S/C29H33FN6O3/c1-19-14-21(6-9-24(19)30)17-32-28(38)26-15-25(33-18-34-26)27(37)31-16-20-4-7-22(8-5-20)29(39)36(3)23-10-12-35(2)13-11-23/h4-9,14-15,18,23H,10-13,16-17H2,1-3H3,(H,31,37)(H,32,38). The molecule has 3 aromatic rings. The van der Waals surface area contributed by atoms with E-state index >= 15 is 0 Å². The topological polar surface area (TPSA) is 108 Å². The third kappa shape index (κ3) is 7.23. The SMILES string of the molecule is Cc1cc(CNC(=O)c2cc(C(=O)NCc3ccc(C(=O)N(C)C4CCN(C)CC4)cc3)ncn2)ccc1F. The van der Waals surface area contributed by atoms with E-state index < -0.39 is 11.8 Å². The number of carbonyl (C=O) groups excluding carboxylic acids is 3. The van der Waals surface area contributed by atoms with Crippen LogP contribution in [-0.4, -0.2) is 70.7 Å². The molecule has 0 spiro atoms. The van der Waals surface area contributed by atoms with Crippen LogP contribution in [0.1, 0.15) is 60.9 Å². The van der Waals surface area contributed by atoms with Crippen molar-refractivity contribution in [2.24, 2.45) is 0 Å². The number of piperidine rings is 1. The van der Waals surface area contributed by atoms with Gasteiger partial charge in [-0.2, -0.15) is 0 Å². The lowest BCUT2D eigenvalue weighted by molar-refractivity contribution is 0.0659. The molecule has 0 bridgehead atoms. The second-order valence-electron chi connectivity index (χ2n) is 9.88. The summed E-state index contributed by atoms with van der Waals surface area (Å²) < 4.78 is 13.4. The minimum Gasteiger partial charge on any atom is -0.347 e. The highest BCUT2D eigenvalue weighted by molar-refractivity contribution is 5.97. The molecule has 2 aromatic carbocycles. The van der Waals surface area contributed by atoms with Crippen LogP contribution in [0.25, 0.3) is 0 Å². The minimum atomic E-state index is -0.473. The fourth-order valence-electron chi connectivity index (χ4n) is 4.49. The van der Waals surface area contributed by atoms with E-state index in [2.05, 4.69) is 32.5 Å². The van der Waals surface area contributed by atoms with Crippen LogP contribution in [0.2, 0.25) is 0 Å². The zero-order chi connectivity index (χ0) is 27.9. The molecule has 1 aromatic heterocycles. The molecule has 1 aliphatic heterocycles. The summed E-state index contributed by atoms with van der Waals surface area (Å²) >= 11 is 0. The molecule has 204 valence electrons. The van der Waals surface area contributed by atoms with Gasteiger partial charge < -0.3 is 20.4 Å². The third-order valence-corrected chi connectivity index (χ3v) is 7.02. The lowest BCUT2D eigenvalue weighted by Gasteiger charge is -2.35. The van der Waals surface area contributed by atoms with Crippen molar-refractivity contribution in [3.05, 3.63) is 94.3 Å². The molecule has 3 amide bonds. The van der Waals surface area contributed by atoms with Gasteiger partial charge in [0.25, 0.3) is 17.7 Å². The van der Waals surface area contributed by atoms with Gasteiger partial charge in [0.15, 0.2) is 0 Å². The molecule has 10 heteroatoms. The second kappa shape index (κ2) is 12.6. The maximum Gasteiger partial charge on any atom is 0.270 e. The van der Waals surface area contributed by atoms with Gasteiger partial charge >= 0.3 is 0 Å². The number of hydrogen-bond acceptors (Lipinski definition) is 6. The van der Waals surface area contributed by atoms with Crippen LogP contribution < -0.4 is 10.6 Å². The van der Waals surface area contributed by atoms with Gasteiger partial charge in [-0.3, -0.25) is 14.4 Å². The molecular formula is C29H33FN6O3. The number of halogens is 1. The van der Waals surface area contributed by atoms with Gasteiger partial charge in [0.2, 0.25) is 0 Å². The molecule has 2 heterocycles. The predicted octanol–water partition coefficient (Wildman–Crippen LogP) is 2.95. The Kier molecular flexibility index (Phi) is 8.98. The highest BCUT2D eigenvalue weighted by Gasteiger charge is 2.24. The molecule has 1 aliphatic rings. The Morgan fingerprint density at radius 3 is 2.08 bits per heavy atom. The molecule has 9 nitrogen and oxygen atoms in total. The van der Waals surface area contributed by atoms with E-state index in [1.807, 2.05) is 24.1 Å². The zero-order valence-corrected chi connectivity index (χ0v) is 22.4. The Labute approximate surface area is 227 Å². The quantitative estimate of drug-likeness (QED) is 0.462. The average Bonchev–Trinajstić information content (AvgIpc) is 2.96. The van der Waals surface area contributed by atoms with Crippen LogP contribution in [0.3, 0.4) is 0 Å². The number of amides is 3. The molecule has 0 aliphatic carbocycles. The van der Waals surface area contributed by atoms with Gasteiger partial charge in [0.05, 0.1) is 0 Å². The maximum atomic E-state index is 13.4. The summed E-state index contributed by atoms with van der Waals surface area (Å²) in [5, 5.41) is 5.50. The minimum absolute atomic E-state index is 0.0125. The van der Waals surface area contributed by atoms with Gasteiger partial charge in [-0.25, -0.2) is 14.4 Å². The Balaban J connectivity index is 1.29. The van der Waals surface area contributed by atoms with E-state index in [1.165, 1.54) is 12.1 Å². The van der Waals surface area contributed by atoms with E-state index in [-0.39, 0.29) is 42.2 Å². The van der Waals surface area contributed by atoms with Crippen molar-refractivity contribution < 1.29 is 18.8 Å². The highest BCUT2D eigenvalue weighted by Crippen LogP contribution is 2.17. The molecular weight excluding hydrogens is 499 g/mol. The number of hydrogen-bond donors (Lipinski definition) is 2. The monoisotopic (exact) mass is 532 g/mol. The molecule has 0 radical (unpaired) electrons. The normalized spacial score (nSPS) is 14.1. The Bertz CT molecular complexity index is 1340. The Morgan fingerprint density at radius 2 is 1.49 bits per heavy atom. The molecule has 0 unspecified atom stereocenters. The van der Waals surface area contributed by atoms with Crippen molar-refractivity contribution in [1.29, 1.82) is 0 Å². The number of benzene rings is 2. The van der Waals surface area contributed by atoms with E-state index in [0.717, 1.165) is 43.4 Å². The van der Waals surface area contributed by atoms with Crippen molar-refractivity contribution in [2.45, 2.75) is 38.9 Å². The Hall–Kier alpha value is -4.18. The number of aryl methyl sites for hydroxylation is 1. The second-order valence-corrected chi connectivity index (χ2v) is 9.88. The van der Waals surface area contributed by atoms with Crippen molar-refractivity contribution >= 4 is 17.7 Å². The van der Waals surface area contributed by atoms with Crippen LogP contribution in [0.15, 0.2) is 54.9 Å². The lowest BCUT2D eigenvalue weighted by atomic mass is 10.0. The Morgan fingerprint density at radius 1 is 0.923 bits per heavy atom. The zero-order valence-electron chi connectivity index (χ0n) is 22.4. The number of rotatable bonds is 8. The van der Waals surface area contributed by atoms with Crippen molar-refractivity contribution in [3.63, 3.8) is 0 Å². The smallest absolute Gasteiger partial charge is 0.270 e. The fourth-order valence-corrected chi connectivity index (χ4v) is 4.49. The molecule has 0 saturated carbocycles. The first kappa shape index (κ1) is 27.8. The van der Waals surface area contributed by atoms with Crippen molar-refractivity contribution in [2.75, 3.05) is 27.2 Å². The van der Waals surface area contributed by atoms with Gasteiger partial charge in [-0.1, -0.05) is 24.3 Å². The van der Waals surface area contributed by atoms with Gasteiger partial charge in [-0.05, 0) is 74.8 Å². The fraction of sp³-hybridized carbons (Fsp3) is 0.345. The molecule has 0 atom stereocenters. The molecule has 1 fully saturated rings. The maximum absolute atomic E-state index is 13.4. The average molecular weight is 533 g/mol. The highest BCUT2D eigenvalue weighted by atomic mass is 19.1. The van der Waals surface area contributed by atoms with Crippen molar-refractivity contribution in [1.82, 2.24) is 30.4 Å². The summed E-state index contributed by atoms with van der Waals surface area (Å²) in [7, 11) is 3.95. The summed E-state index contributed by atoms with van der Waals surface area (Å²) in [4.78, 5) is 50.2. The predicted molar refractivity (Wildman–Crippen MR) is 145 cm³/mol. The first-order valence-electron chi connectivity index (χ1n) is 12.9. The molecule has 1 saturated heterocycles. The third-order valence-electron chi connectivity index (χ3n) is 7.02. The van der Waals surface area contributed by atoms with Gasteiger partial charge in [0, 0.05) is 37.8 Å². The first-order chi connectivity index (χ1) is 18.7. The van der Waals surface area contributed by atoms with Crippen molar-refractivity contribution in [3.8, 4) is 0 Å². The molecule has 39 heavy (non-hydrogen) atoms. The lowest BCUT2D eigenvalue weighted by Crippen LogP contribution is -2.44. The number of aromatic nitrogens is 2. The van der Waals surface area contributed by atoms with E-state index in [4.69, 9.17) is 0 Å². The summed E-state index contributed by atoms with van der Waals surface area (Å²) in [5.41, 5.74) is 2.77. The summed E-state index contributed by atoms with van der Waals surface area (Å²) in [5.74, 6) is -1.25. The number of carbonyl (C=O) groups is 3. The van der Waals surface area contributed by atoms with Gasteiger partial charge in [0.1, 0.15) is 23.5 Å². The van der Waals surface area contributed by atoms with E-state index in [1.54, 1.807) is 31.2 Å². The van der Waals surface area contributed by atoms with Crippen LogP contribution >= 0.6 is 0 Å². The van der Waals surface area contributed by atoms with Crippen LogP contribution in [-0.2, 0) is 13.1 Å². The summed E-state index contributed by atoms with van der Waals surface area (Å²) in [6.07, 6.45) is 3.08. The summed E-state index contributed by atoms with van der Waals surface area (Å²) in [6, 6.07) is 13.3. The summed E-state index contributed by atoms with van der Waals surface area (Å²) in [6.45, 7) is 4.04. The van der Waals surface area contributed by atoms with Gasteiger partial charge in [-0.15, -0.1) is 0 Å². The number of nitrogens with zero attached hydrogens (tertiary/aromatic N) is 4. The molecule has 2 N–H and O–H groups in total. The number of nitrogens with one attached hydrogen (secondary N) is 2. The molecule has 4 rings (SSSR count). The number of likely N-dealkylation sites (tertiary alicyclic amines) is 1. The first-order valence-corrected chi connectivity index (χ1v) is 12.9. The van der Waals surface area contributed by atoms with Crippen LogP contribution in [0.5, 0.6) is 0 Å². The van der Waals surface area contributed by atoms with E-state index in [0.29, 0.717) is 11.1 Å².